The van der Waals surface area contributed by atoms with E-state index in [1.54, 1.807) is 0 Å². The van der Waals surface area contributed by atoms with E-state index >= 15 is 0 Å². The van der Waals surface area contributed by atoms with Crippen molar-refractivity contribution in [1.82, 2.24) is 0 Å². The van der Waals surface area contributed by atoms with Crippen LogP contribution in [-0.4, -0.2) is 5.67 Å². The summed E-state index contributed by atoms with van der Waals surface area (Å²) >= 11 is 0. The van der Waals surface area contributed by atoms with E-state index in [9.17, 15) is 4.39 Å². The van der Waals surface area contributed by atoms with Crippen LogP contribution in [0.25, 0.3) is 0 Å². The average molecular weight is 1260 g/mol. The fraction of sp³-hybridized carbons (Fsp3) is 0.923. The normalized spacial score (nSPS) is 53.7. The largest absolute Gasteiger partial charge is 0.319 e. The van der Waals surface area contributed by atoms with E-state index in [2.05, 4.69) is 6.42 Å². The molecule has 5 heteroatoms. The molecule has 4 saturated carbocycles. The summed E-state index contributed by atoms with van der Waals surface area (Å²) in [6.45, 7) is 1.84. The van der Waals surface area contributed by atoms with E-state index in [1.807, 2.05) is 6.92 Å². The molecule has 0 aromatic heterocycles. The molecule has 0 aromatic carbocycles. The Morgan fingerprint density at radius 3 is 2.17 bits per heavy atom. The fourth-order valence-corrected chi connectivity index (χ4v) is 5.47. The maximum atomic E-state index is 14.2. The molecule has 7 atom stereocenters. The molecule has 0 nitrogen and oxygen atoms in total. The zero-order chi connectivity index (χ0) is 9.50. The van der Waals surface area contributed by atoms with Crippen molar-refractivity contribution in [3.05, 3.63) is 6.42 Å². The molecule has 4 aliphatic rings. The Balaban J connectivity index is 0.000000722. The van der Waals surface area contributed by atoms with Crippen molar-refractivity contribution in [3.63, 3.8) is 0 Å². The van der Waals surface area contributed by atoms with Crippen molar-refractivity contribution in [3.8, 4) is 0 Å². The molecule has 0 amide bonds. The molecule has 86 valence electrons. The molecule has 0 heterocycles. The third-order valence-corrected chi connectivity index (χ3v) is 5.74. The van der Waals surface area contributed by atoms with E-state index in [1.165, 1.54) is 19.3 Å². The monoisotopic (exact) mass is 1260 g/mol. The van der Waals surface area contributed by atoms with Gasteiger partial charge in [0, 0.05) is 0 Å². The predicted molar refractivity (Wildman–Crippen MR) is 53.2 cm³/mol. The Kier molecular flexibility index (Phi) is 2.29. The Morgan fingerprint density at radius 2 is 1.56 bits per heavy atom. The van der Waals surface area contributed by atoms with Crippen LogP contribution in [0.1, 0.15) is 32.6 Å². The summed E-state index contributed by atoms with van der Waals surface area (Å²) in [5.74, 6) is 4.51. The summed E-state index contributed by atoms with van der Waals surface area (Å²) < 4.78 is 14.2. The van der Waals surface area contributed by atoms with Crippen LogP contribution in [0.4, 0.5) is 4.39 Å². The molecule has 4 fully saturated rings. The van der Waals surface area contributed by atoms with Gasteiger partial charge in [-0.25, -0.2) is 4.39 Å². The van der Waals surface area contributed by atoms with Gasteiger partial charge in [-0.15, -0.1) is 5.92 Å². The van der Waals surface area contributed by atoms with Gasteiger partial charge in [-0.2, -0.15) is 5.92 Å². The Bertz CT molecular complexity index is 297. The molecule has 0 radical (unpaired) electrons. The van der Waals surface area contributed by atoms with Gasteiger partial charge in [0.1, 0.15) is 0 Å². The second-order valence-corrected chi connectivity index (χ2v) is 6.35. The standard InChI is InChI=1S/C13H18F.4Rf/c1-13(14)6-9-5-10(13)12-8-3-2-7(4-8)11(9)12;;;;/h5,7-12H,2-4,6H2,1H3;;;;/q-1;;;;. The van der Waals surface area contributed by atoms with Crippen LogP contribution in [0.15, 0.2) is 0 Å². The number of hydrogen-bond donors (Lipinski definition) is 0. The molecule has 0 N–H and O–H groups in total. The Labute approximate surface area is 85.3 Å². The van der Waals surface area contributed by atoms with Crippen molar-refractivity contribution < 1.29 is 4.39 Å². The van der Waals surface area contributed by atoms with Crippen molar-refractivity contribution in [2.75, 3.05) is 0 Å². The van der Waals surface area contributed by atoms with Crippen molar-refractivity contribution in [2.45, 2.75) is 38.3 Å². The molecule has 0 aliphatic heterocycles. The maximum absolute atomic E-state index is 14.2. The van der Waals surface area contributed by atoms with Crippen molar-refractivity contribution in [2.24, 2.45) is 35.5 Å². The van der Waals surface area contributed by atoms with E-state index in [4.69, 9.17) is 0 Å². The summed E-state index contributed by atoms with van der Waals surface area (Å²) in [6, 6.07) is 0. The Morgan fingerprint density at radius 1 is 1.00 bits per heavy atom. The average Bonchev–Trinajstić information content (AvgIpc) is 2.73. The van der Waals surface area contributed by atoms with Crippen LogP contribution < -0.4 is 0 Å². The van der Waals surface area contributed by atoms with Crippen LogP contribution in [-0.2, 0) is 0 Å². The van der Waals surface area contributed by atoms with Gasteiger partial charge in [0.2, 0.25) is 0 Å². The molecular formula is C13H18FRf4-. The second kappa shape index (κ2) is 2.96. The van der Waals surface area contributed by atoms with Crippen LogP contribution in [0.2, 0.25) is 0 Å². The summed E-state index contributed by atoms with van der Waals surface area (Å²) in [4.78, 5) is 0. The first-order valence-corrected chi connectivity index (χ1v) is 6.21. The molecule has 0 aromatic rings. The zero-order valence-electron chi connectivity index (χ0n) is 11.6. The minimum atomic E-state index is -0.851. The van der Waals surface area contributed by atoms with E-state index in [-0.39, 0.29) is 0 Å². The summed E-state index contributed by atoms with van der Waals surface area (Å²) in [5, 5.41) is 0. The predicted octanol–water partition coefficient (Wildman–Crippen LogP) is 3.23. The van der Waals surface area contributed by atoms with E-state index < -0.39 is 5.67 Å². The molecule has 7 unspecified atom stereocenters. The second-order valence-electron chi connectivity index (χ2n) is 6.35. The smallest absolute Gasteiger partial charge is 0.0821 e. The van der Waals surface area contributed by atoms with Crippen LogP contribution in [0.5, 0.6) is 0 Å². The van der Waals surface area contributed by atoms with Gasteiger partial charge in [0.05, 0.1) is 5.67 Å². The number of fused-ring (bicyclic) bond motifs is 9. The molecule has 0 saturated heterocycles. The van der Waals surface area contributed by atoms with Gasteiger partial charge in [-0.1, -0.05) is 11.8 Å². The summed E-state index contributed by atoms with van der Waals surface area (Å²) in [6.07, 6.45) is 7.51. The summed E-state index contributed by atoms with van der Waals surface area (Å²) in [5.41, 5.74) is -0.851. The minimum Gasteiger partial charge on any atom is -0.319 e. The van der Waals surface area contributed by atoms with Gasteiger partial charge < -0.3 is 6.42 Å². The van der Waals surface area contributed by atoms with Crippen LogP contribution in [0, 0.1) is 41.9 Å². The maximum Gasteiger partial charge on any atom is 0.0821 e. The van der Waals surface area contributed by atoms with Crippen LogP contribution >= 0.6 is 0 Å². The van der Waals surface area contributed by atoms with E-state index in [0.29, 0.717) is 11.8 Å². The van der Waals surface area contributed by atoms with Gasteiger partial charge in [0.25, 0.3) is 0 Å². The summed E-state index contributed by atoms with van der Waals surface area (Å²) in [7, 11) is 0. The molecule has 0 spiro atoms. The first-order valence-electron chi connectivity index (χ1n) is 6.21. The SMILES string of the molecule is CC1(F)CC2[CH-]C1C1C3CCC(C3)C21.[Rf].[Rf].[Rf].[Rf]. The third-order valence-electron chi connectivity index (χ3n) is 5.74. The molecular weight excluding hydrogens is 1240 g/mol. The quantitative estimate of drug-likeness (QED) is 0.259. The minimum absolute atomic E-state index is 0. The van der Waals surface area contributed by atoms with Gasteiger partial charge >= 0.3 is 0 Å². The molecule has 4 aliphatic carbocycles. The molecule has 4 rings (SSSR count). The van der Waals surface area contributed by atoms with Crippen molar-refractivity contribution >= 4 is 0 Å². The van der Waals surface area contributed by atoms with Gasteiger partial charge in [0.15, 0.2) is 0 Å². The van der Waals surface area contributed by atoms with Gasteiger partial charge in [-0.3, -0.25) is 0 Å². The fourth-order valence-electron chi connectivity index (χ4n) is 5.47. The number of hydrogen-bond acceptors (Lipinski definition) is 0. The first-order chi connectivity index (χ1) is 6.67. The molecule has 4 bridgehead atoms. The molecule has 18 heavy (non-hydrogen) atoms. The number of halogens is 1. The van der Waals surface area contributed by atoms with Crippen molar-refractivity contribution in [1.29, 1.82) is 0 Å². The topological polar surface area (TPSA) is 0 Å². The Hall–Kier alpha value is -4.07. The number of alkyl halides is 1. The zero-order valence-corrected chi connectivity index (χ0v) is 37.2. The first kappa shape index (κ1) is 13.9. The number of rotatable bonds is 0. The van der Waals surface area contributed by atoms with Crippen LogP contribution in [0.3, 0.4) is 0 Å². The third kappa shape index (κ3) is 0.894. The van der Waals surface area contributed by atoms with E-state index in [0.717, 1.165) is 30.1 Å². The van der Waals surface area contributed by atoms with Gasteiger partial charge in [-0.05, 0) is 44.4 Å².